The Morgan fingerprint density at radius 3 is 2.25 bits per heavy atom. The van der Waals surface area contributed by atoms with Crippen LogP contribution in [0, 0.1) is 11.3 Å². The number of rotatable bonds is 6. The molecular weight excluding hydrogens is 206 g/mol. The lowest BCUT2D eigenvalue weighted by Crippen LogP contribution is -2.46. The predicted molar refractivity (Wildman–Crippen MR) is 61.3 cm³/mol. The van der Waals surface area contributed by atoms with Crippen LogP contribution in [0.1, 0.15) is 26.7 Å². The standard InChI is InChI=1S/C11H21N3O2/c1-8(2)5-14(6-9(13)15)10(16)11(7-12)3-4-11/h8H,3-7,12H2,1-2H3,(H2,13,15). The van der Waals surface area contributed by atoms with Gasteiger partial charge in [-0.05, 0) is 18.8 Å². The van der Waals surface area contributed by atoms with Crippen LogP contribution in [-0.2, 0) is 9.59 Å². The molecule has 0 spiro atoms. The van der Waals surface area contributed by atoms with Crippen LogP contribution in [0.2, 0.25) is 0 Å². The van der Waals surface area contributed by atoms with Gasteiger partial charge in [0.05, 0.1) is 12.0 Å². The lowest BCUT2D eigenvalue weighted by Gasteiger charge is -2.27. The van der Waals surface area contributed by atoms with Crippen molar-refractivity contribution < 1.29 is 9.59 Å². The van der Waals surface area contributed by atoms with Gasteiger partial charge in [-0.15, -0.1) is 0 Å². The van der Waals surface area contributed by atoms with Gasteiger partial charge < -0.3 is 16.4 Å². The molecule has 1 saturated carbocycles. The van der Waals surface area contributed by atoms with Crippen molar-refractivity contribution in [3.8, 4) is 0 Å². The molecule has 0 aromatic rings. The normalized spacial score (nSPS) is 17.2. The van der Waals surface area contributed by atoms with Gasteiger partial charge in [0.15, 0.2) is 0 Å². The van der Waals surface area contributed by atoms with E-state index in [1.165, 1.54) is 0 Å². The fraction of sp³-hybridized carbons (Fsp3) is 0.818. The molecule has 0 saturated heterocycles. The molecule has 92 valence electrons. The average molecular weight is 227 g/mol. The van der Waals surface area contributed by atoms with Gasteiger partial charge in [-0.25, -0.2) is 0 Å². The van der Waals surface area contributed by atoms with Crippen LogP contribution in [0.15, 0.2) is 0 Å². The molecule has 0 unspecified atom stereocenters. The van der Waals surface area contributed by atoms with Gasteiger partial charge in [0.25, 0.3) is 0 Å². The minimum atomic E-state index is -0.471. The molecule has 0 aliphatic heterocycles. The van der Waals surface area contributed by atoms with Crippen molar-refractivity contribution in [2.45, 2.75) is 26.7 Å². The smallest absolute Gasteiger partial charge is 0.237 e. The number of nitrogens with two attached hydrogens (primary N) is 2. The second kappa shape index (κ2) is 4.82. The van der Waals surface area contributed by atoms with Crippen LogP contribution in [0.3, 0.4) is 0 Å². The Balaban J connectivity index is 2.68. The summed E-state index contributed by atoms with van der Waals surface area (Å²) in [5.41, 5.74) is 10.4. The van der Waals surface area contributed by atoms with E-state index in [0.29, 0.717) is 19.0 Å². The van der Waals surface area contributed by atoms with Crippen molar-refractivity contribution >= 4 is 11.8 Å². The molecule has 16 heavy (non-hydrogen) atoms. The molecule has 1 aliphatic carbocycles. The summed E-state index contributed by atoms with van der Waals surface area (Å²) in [5, 5.41) is 0. The molecular formula is C11H21N3O2. The first kappa shape index (κ1) is 13.0. The molecule has 0 radical (unpaired) electrons. The van der Waals surface area contributed by atoms with Gasteiger partial charge in [0.1, 0.15) is 0 Å². The molecule has 0 aromatic carbocycles. The van der Waals surface area contributed by atoms with E-state index in [1.54, 1.807) is 4.90 Å². The third-order valence-corrected chi connectivity index (χ3v) is 2.92. The Bertz CT molecular complexity index is 285. The van der Waals surface area contributed by atoms with Crippen molar-refractivity contribution in [3.05, 3.63) is 0 Å². The van der Waals surface area contributed by atoms with E-state index in [-0.39, 0.29) is 12.5 Å². The predicted octanol–water partition coefficient (Wildman–Crippen LogP) is -0.305. The molecule has 2 amide bonds. The number of carbonyl (C=O) groups is 2. The van der Waals surface area contributed by atoms with Gasteiger partial charge in [-0.3, -0.25) is 9.59 Å². The van der Waals surface area contributed by atoms with E-state index in [4.69, 9.17) is 11.5 Å². The minimum absolute atomic E-state index is 0.00123. The quantitative estimate of drug-likeness (QED) is 0.652. The molecule has 0 heterocycles. The summed E-state index contributed by atoms with van der Waals surface area (Å²) in [6, 6.07) is 0. The molecule has 0 aromatic heterocycles. The number of primary amides is 1. The summed E-state index contributed by atoms with van der Waals surface area (Å²) in [6.07, 6.45) is 1.66. The lowest BCUT2D eigenvalue weighted by molar-refractivity contribution is -0.140. The first-order chi connectivity index (χ1) is 7.41. The Hall–Kier alpha value is -1.10. The highest BCUT2D eigenvalue weighted by atomic mass is 16.2. The highest BCUT2D eigenvalue weighted by Crippen LogP contribution is 2.46. The van der Waals surface area contributed by atoms with Gasteiger partial charge in [-0.1, -0.05) is 13.8 Å². The second-order valence-corrected chi connectivity index (χ2v) is 5.03. The molecule has 5 heteroatoms. The van der Waals surface area contributed by atoms with Crippen LogP contribution < -0.4 is 11.5 Å². The van der Waals surface area contributed by atoms with E-state index in [2.05, 4.69) is 0 Å². The first-order valence-corrected chi connectivity index (χ1v) is 5.69. The molecule has 4 N–H and O–H groups in total. The monoisotopic (exact) mass is 227 g/mol. The molecule has 1 fully saturated rings. The van der Waals surface area contributed by atoms with Crippen molar-refractivity contribution in [1.29, 1.82) is 0 Å². The summed E-state index contributed by atoms with van der Waals surface area (Å²) < 4.78 is 0. The fourth-order valence-electron chi connectivity index (χ4n) is 1.84. The zero-order chi connectivity index (χ0) is 12.3. The first-order valence-electron chi connectivity index (χ1n) is 5.69. The van der Waals surface area contributed by atoms with Crippen molar-refractivity contribution in [1.82, 2.24) is 4.90 Å². The summed E-state index contributed by atoms with van der Waals surface area (Å²) in [4.78, 5) is 24.6. The maximum Gasteiger partial charge on any atom is 0.237 e. The number of amides is 2. The minimum Gasteiger partial charge on any atom is -0.368 e. The van der Waals surface area contributed by atoms with E-state index in [1.807, 2.05) is 13.8 Å². The van der Waals surface area contributed by atoms with Crippen molar-refractivity contribution in [2.75, 3.05) is 19.6 Å². The number of nitrogens with zero attached hydrogens (tertiary/aromatic N) is 1. The van der Waals surface area contributed by atoms with Gasteiger partial charge in [-0.2, -0.15) is 0 Å². The molecule has 1 rings (SSSR count). The van der Waals surface area contributed by atoms with Crippen molar-refractivity contribution in [3.63, 3.8) is 0 Å². The fourth-order valence-corrected chi connectivity index (χ4v) is 1.84. The van der Waals surface area contributed by atoms with Gasteiger partial charge in [0, 0.05) is 13.1 Å². The summed E-state index contributed by atoms with van der Waals surface area (Å²) in [6.45, 7) is 4.92. The highest BCUT2D eigenvalue weighted by molar-refractivity contribution is 5.89. The summed E-state index contributed by atoms with van der Waals surface area (Å²) >= 11 is 0. The van der Waals surface area contributed by atoms with E-state index in [0.717, 1.165) is 12.8 Å². The number of hydrogen-bond donors (Lipinski definition) is 2. The Morgan fingerprint density at radius 1 is 1.38 bits per heavy atom. The van der Waals surface area contributed by atoms with Crippen molar-refractivity contribution in [2.24, 2.45) is 22.8 Å². The molecule has 0 bridgehead atoms. The summed E-state index contributed by atoms with van der Waals surface area (Å²) in [7, 11) is 0. The zero-order valence-corrected chi connectivity index (χ0v) is 10.0. The average Bonchev–Trinajstić information content (AvgIpc) is 2.94. The SMILES string of the molecule is CC(C)CN(CC(N)=O)C(=O)C1(CN)CC1. The summed E-state index contributed by atoms with van der Waals surface area (Å²) in [5.74, 6) is -0.166. The third-order valence-electron chi connectivity index (χ3n) is 2.92. The molecule has 1 aliphatic rings. The van der Waals surface area contributed by atoms with E-state index in [9.17, 15) is 9.59 Å². The maximum absolute atomic E-state index is 12.2. The molecule has 5 nitrogen and oxygen atoms in total. The highest BCUT2D eigenvalue weighted by Gasteiger charge is 2.50. The Labute approximate surface area is 96.1 Å². The Kier molecular flexibility index (Phi) is 3.91. The van der Waals surface area contributed by atoms with E-state index < -0.39 is 11.3 Å². The van der Waals surface area contributed by atoms with Crippen LogP contribution in [-0.4, -0.2) is 36.3 Å². The van der Waals surface area contributed by atoms with Gasteiger partial charge >= 0.3 is 0 Å². The zero-order valence-electron chi connectivity index (χ0n) is 10.0. The number of carbonyl (C=O) groups excluding carboxylic acids is 2. The lowest BCUT2D eigenvalue weighted by atomic mass is 10.0. The topological polar surface area (TPSA) is 89.4 Å². The maximum atomic E-state index is 12.2. The van der Waals surface area contributed by atoms with Crippen LogP contribution >= 0.6 is 0 Å². The van der Waals surface area contributed by atoms with Crippen LogP contribution in [0.25, 0.3) is 0 Å². The third kappa shape index (κ3) is 2.95. The van der Waals surface area contributed by atoms with E-state index >= 15 is 0 Å². The second-order valence-electron chi connectivity index (χ2n) is 5.03. The van der Waals surface area contributed by atoms with Gasteiger partial charge in [0.2, 0.25) is 11.8 Å². The molecule has 0 atom stereocenters. The largest absolute Gasteiger partial charge is 0.368 e. The number of hydrogen-bond acceptors (Lipinski definition) is 3. The van der Waals surface area contributed by atoms with Crippen LogP contribution in [0.5, 0.6) is 0 Å². The van der Waals surface area contributed by atoms with Crippen LogP contribution in [0.4, 0.5) is 0 Å². The Morgan fingerprint density at radius 2 is 1.94 bits per heavy atom.